The van der Waals surface area contributed by atoms with Crippen LogP contribution in [0, 0.1) is 23.7 Å². The monoisotopic (exact) mass is 651 g/mol. The van der Waals surface area contributed by atoms with Crippen molar-refractivity contribution in [1.82, 2.24) is 24.8 Å². The quantitative estimate of drug-likeness (QED) is 0.297. The van der Waals surface area contributed by atoms with Crippen molar-refractivity contribution in [3.05, 3.63) is 51.8 Å². The Kier molecular flexibility index (Phi) is 7.93. The molecule has 3 aromatic heterocycles. The summed E-state index contributed by atoms with van der Waals surface area (Å²) in [6.45, 7) is 9.37. The Morgan fingerprint density at radius 3 is 2.74 bits per heavy atom. The van der Waals surface area contributed by atoms with Gasteiger partial charge in [0.05, 0.1) is 24.5 Å². The van der Waals surface area contributed by atoms with Gasteiger partial charge in [0.1, 0.15) is 34.8 Å². The molecular weight excluding hydrogens is 615 g/mol. The van der Waals surface area contributed by atoms with Gasteiger partial charge in [0.15, 0.2) is 0 Å². The predicted molar refractivity (Wildman–Crippen MR) is 170 cm³/mol. The fourth-order valence-corrected chi connectivity index (χ4v) is 8.44. The molecular formula is C33H36F3N7O2S. The molecule has 1 N–H and O–H groups in total. The van der Waals surface area contributed by atoms with Gasteiger partial charge in [0.25, 0.3) is 0 Å². The molecule has 2 atom stereocenters. The lowest BCUT2D eigenvalue weighted by Gasteiger charge is -2.26. The Balaban J connectivity index is 1.07. The number of aryl methyl sites for hydroxylation is 2. The number of ether oxygens (including phenoxy) is 1. The molecule has 7 rings (SSSR count). The molecule has 0 saturated carbocycles. The summed E-state index contributed by atoms with van der Waals surface area (Å²) in [6, 6.07) is 10.2. The molecule has 0 bridgehead atoms. The molecule has 0 radical (unpaired) electrons. The smallest absolute Gasteiger partial charge is 0.365 e. The third-order valence-electron chi connectivity index (χ3n) is 9.75. The number of aromatic nitrogens is 3. The van der Waals surface area contributed by atoms with E-state index in [9.17, 15) is 23.2 Å². The standard InChI is InChI=1S/C33H36F3N7O2S/c1-3-28-39-30(26-11-24(12-33(34,35)36)46-31(26)40-28)42-9-7-32(19-42)6-8-41(18-32)15-21-4-5-27-25(20(21)2)10-22(13-37)43(27)16-23-14-38-29(44)17-45-23/h4-5,10-11,23H,3,6-9,12,14-19H2,1-2H3,(H,38,44)/t23-,32?/m1/s1. The van der Waals surface area contributed by atoms with E-state index in [0.29, 0.717) is 35.9 Å². The van der Waals surface area contributed by atoms with E-state index < -0.39 is 12.6 Å². The molecule has 3 aliphatic rings. The largest absolute Gasteiger partial charge is 0.393 e. The van der Waals surface area contributed by atoms with Gasteiger partial charge in [-0.3, -0.25) is 9.69 Å². The molecule has 1 amide bonds. The highest BCUT2D eigenvalue weighted by atomic mass is 32.1. The second-order valence-corrected chi connectivity index (χ2v) is 14.1. The predicted octanol–water partition coefficient (Wildman–Crippen LogP) is 5.11. The number of amides is 1. The summed E-state index contributed by atoms with van der Waals surface area (Å²) in [7, 11) is 0. The highest BCUT2D eigenvalue weighted by molar-refractivity contribution is 7.18. The van der Waals surface area contributed by atoms with Crippen molar-refractivity contribution in [1.29, 1.82) is 5.26 Å². The SMILES string of the molecule is CCc1nc(N2CCC3(CCN(Cc4ccc5c(cc(C#N)n5C[C@H]5CNC(=O)CO5)c4C)C3)C2)c2cc(CC(F)(F)F)sc2n1. The van der Waals surface area contributed by atoms with Crippen molar-refractivity contribution in [3.8, 4) is 6.07 Å². The van der Waals surface area contributed by atoms with E-state index in [0.717, 1.165) is 84.6 Å². The number of likely N-dealkylation sites (tertiary alicyclic amines) is 1. The van der Waals surface area contributed by atoms with Gasteiger partial charge in [-0.2, -0.15) is 18.4 Å². The van der Waals surface area contributed by atoms with Crippen LogP contribution in [0.2, 0.25) is 0 Å². The molecule has 3 fully saturated rings. The van der Waals surface area contributed by atoms with E-state index in [2.05, 4.69) is 45.2 Å². The molecule has 46 heavy (non-hydrogen) atoms. The Morgan fingerprint density at radius 1 is 1.17 bits per heavy atom. The minimum atomic E-state index is -4.26. The number of morpholine rings is 1. The molecule has 3 saturated heterocycles. The number of nitrogens with one attached hydrogen (secondary N) is 1. The van der Waals surface area contributed by atoms with Crippen LogP contribution in [0.4, 0.5) is 19.0 Å². The summed E-state index contributed by atoms with van der Waals surface area (Å²) >= 11 is 1.12. The number of carbonyl (C=O) groups is 1. The number of hydrogen-bond acceptors (Lipinski definition) is 8. The Morgan fingerprint density at radius 2 is 2.00 bits per heavy atom. The number of anilines is 1. The second-order valence-electron chi connectivity index (χ2n) is 12.9. The van der Waals surface area contributed by atoms with Gasteiger partial charge in [-0.05, 0) is 55.6 Å². The van der Waals surface area contributed by atoms with E-state index in [1.165, 1.54) is 5.56 Å². The highest BCUT2D eigenvalue weighted by Gasteiger charge is 2.44. The fourth-order valence-electron chi connectivity index (χ4n) is 7.37. The van der Waals surface area contributed by atoms with Crippen LogP contribution < -0.4 is 10.2 Å². The average molecular weight is 652 g/mol. The van der Waals surface area contributed by atoms with Gasteiger partial charge >= 0.3 is 6.18 Å². The van der Waals surface area contributed by atoms with Crippen molar-refractivity contribution in [3.63, 3.8) is 0 Å². The second kappa shape index (κ2) is 11.8. The summed E-state index contributed by atoms with van der Waals surface area (Å²) in [6.07, 6.45) is -2.72. The summed E-state index contributed by atoms with van der Waals surface area (Å²) in [4.78, 5) is 26.6. The number of carbonyl (C=O) groups excluding carboxylic acids is 1. The first kappa shape index (κ1) is 30.9. The molecule has 1 unspecified atom stereocenters. The van der Waals surface area contributed by atoms with Gasteiger partial charge in [0, 0.05) is 60.3 Å². The van der Waals surface area contributed by atoms with Crippen molar-refractivity contribution in [2.75, 3.05) is 44.2 Å². The van der Waals surface area contributed by atoms with Crippen molar-refractivity contribution in [2.24, 2.45) is 5.41 Å². The van der Waals surface area contributed by atoms with Crippen molar-refractivity contribution >= 4 is 44.2 Å². The molecule has 1 aromatic carbocycles. The number of hydrogen-bond donors (Lipinski definition) is 1. The van der Waals surface area contributed by atoms with Crippen LogP contribution in [-0.2, 0) is 35.5 Å². The summed E-state index contributed by atoms with van der Waals surface area (Å²) in [5.74, 6) is 1.30. The normalized spacial score (nSPS) is 22.4. The summed E-state index contributed by atoms with van der Waals surface area (Å²) in [5, 5.41) is 14.5. The Labute approximate surface area is 269 Å². The first-order valence-electron chi connectivity index (χ1n) is 15.8. The first-order chi connectivity index (χ1) is 22.0. The van der Waals surface area contributed by atoms with E-state index in [-0.39, 0.29) is 28.9 Å². The number of benzene rings is 1. The van der Waals surface area contributed by atoms with Crippen LogP contribution in [0.5, 0.6) is 0 Å². The number of nitriles is 1. The van der Waals surface area contributed by atoms with Gasteiger partial charge in [-0.1, -0.05) is 13.0 Å². The van der Waals surface area contributed by atoms with Gasteiger partial charge in [-0.25, -0.2) is 9.97 Å². The number of rotatable bonds is 7. The van der Waals surface area contributed by atoms with E-state index in [1.54, 1.807) is 6.07 Å². The Bertz CT molecular complexity index is 1850. The van der Waals surface area contributed by atoms with Crippen LogP contribution in [0.3, 0.4) is 0 Å². The molecule has 242 valence electrons. The zero-order valence-corrected chi connectivity index (χ0v) is 26.7. The lowest BCUT2D eigenvalue weighted by molar-refractivity contribution is -0.133. The first-order valence-corrected chi connectivity index (χ1v) is 16.6. The number of halogens is 3. The zero-order valence-electron chi connectivity index (χ0n) is 25.9. The number of thiophene rings is 1. The average Bonchev–Trinajstić information content (AvgIpc) is 3.80. The third kappa shape index (κ3) is 5.94. The van der Waals surface area contributed by atoms with Gasteiger partial charge in [0.2, 0.25) is 5.91 Å². The number of fused-ring (bicyclic) bond motifs is 2. The van der Waals surface area contributed by atoms with Crippen LogP contribution in [0.15, 0.2) is 24.3 Å². The molecule has 9 nitrogen and oxygen atoms in total. The lowest BCUT2D eigenvalue weighted by atomic mass is 9.86. The van der Waals surface area contributed by atoms with Gasteiger partial charge in [-0.15, -0.1) is 11.3 Å². The molecule has 13 heteroatoms. The third-order valence-corrected chi connectivity index (χ3v) is 10.8. The Hall–Kier alpha value is -3.73. The summed E-state index contributed by atoms with van der Waals surface area (Å²) in [5.41, 5.74) is 4.03. The lowest BCUT2D eigenvalue weighted by Crippen LogP contribution is -2.44. The van der Waals surface area contributed by atoms with Crippen LogP contribution in [-0.4, -0.2) is 77.0 Å². The molecule has 1 spiro atoms. The minimum absolute atomic E-state index is 0.0318. The number of nitrogens with zero attached hydrogens (tertiary/aromatic N) is 6. The molecule has 3 aliphatic heterocycles. The fraction of sp³-hybridized carbons (Fsp3) is 0.515. The topological polar surface area (TPSA) is 99.3 Å². The number of alkyl halides is 3. The van der Waals surface area contributed by atoms with E-state index >= 15 is 0 Å². The maximum Gasteiger partial charge on any atom is 0.393 e. The van der Waals surface area contributed by atoms with Crippen molar-refractivity contribution < 1.29 is 22.7 Å². The van der Waals surface area contributed by atoms with E-state index in [4.69, 9.17) is 9.72 Å². The molecule has 6 heterocycles. The van der Waals surface area contributed by atoms with Crippen LogP contribution in [0.25, 0.3) is 21.1 Å². The van der Waals surface area contributed by atoms with Crippen LogP contribution in [0.1, 0.15) is 47.3 Å². The van der Waals surface area contributed by atoms with E-state index in [1.807, 2.05) is 17.6 Å². The maximum absolute atomic E-state index is 13.2. The van der Waals surface area contributed by atoms with Gasteiger partial charge < -0.3 is 19.5 Å². The maximum atomic E-state index is 13.2. The minimum Gasteiger partial charge on any atom is -0.365 e. The highest BCUT2D eigenvalue weighted by Crippen LogP contribution is 2.44. The zero-order chi connectivity index (χ0) is 32.2. The molecule has 0 aliphatic carbocycles. The molecule has 4 aromatic rings. The van der Waals surface area contributed by atoms with Crippen molar-refractivity contribution in [2.45, 2.75) is 64.9 Å². The van der Waals surface area contributed by atoms with Crippen LogP contribution >= 0.6 is 11.3 Å². The summed E-state index contributed by atoms with van der Waals surface area (Å²) < 4.78 is 47.2.